The first kappa shape index (κ1) is 17.7. The molecule has 0 atom stereocenters. The van der Waals surface area contributed by atoms with Crippen LogP contribution < -0.4 is 0 Å². The van der Waals surface area contributed by atoms with Crippen LogP contribution in [0.15, 0.2) is 88.2 Å². The van der Waals surface area contributed by atoms with Gasteiger partial charge in [0, 0.05) is 4.47 Å². The molecular formula is C21H15BrN2O2S. The van der Waals surface area contributed by atoms with Crippen molar-refractivity contribution in [2.24, 2.45) is 0 Å². The number of imidazole rings is 1. The molecule has 0 unspecified atom stereocenters. The van der Waals surface area contributed by atoms with Crippen LogP contribution in [0.2, 0.25) is 0 Å². The normalized spacial score (nSPS) is 12.0. The predicted molar refractivity (Wildman–Crippen MR) is 112 cm³/mol. The Balaban J connectivity index is 1.94. The molecule has 3 aromatic carbocycles. The zero-order valence-corrected chi connectivity index (χ0v) is 16.6. The fourth-order valence-electron chi connectivity index (χ4n) is 2.84. The Morgan fingerprint density at radius 1 is 0.852 bits per heavy atom. The second-order valence-corrected chi connectivity index (χ2v) is 8.63. The molecule has 1 aromatic heterocycles. The van der Waals surface area contributed by atoms with Gasteiger partial charge in [0.2, 0.25) is 0 Å². The highest BCUT2D eigenvalue weighted by molar-refractivity contribution is 9.10. The van der Waals surface area contributed by atoms with Gasteiger partial charge >= 0.3 is 0 Å². The molecular weight excluding hydrogens is 424 g/mol. The van der Waals surface area contributed by atoms with Crippen LogP contribution in [0, 0.1) is 0 Å². The molecule has 0 amide bonds. The lowest BCUT2D eigenvalue weighted by Gasteiger charge is -2.09. The van der Waals surface area contributed by atoms with Gasteiger partial charge in [-0.3, -0.25) is 0 Å². The van der Waals surface area contributed by atoms with E-state index in [-0.39, 0.29) is 4.90 Å². The Labute approximate surface area is 166 Å². The molecule has 0 N–H and O–H groups in total. The van der Waals surface area contributed by atoms with Gasteiger partial charge in [-0.15, -0.1) is 0 Å². The van der Waals surface area contributed by atoms with Gasteiger partial charge in [-0.1, -0.05) is 70.5 Å². The number of aromatic nitrogens is 2. The molecule has 0 spiro atoms. The van der Waals surface area contributed by atoms with Gasteiger partial charge in [0.25, 0.3) is 10.0 Å². The average Bonchev–Trinajstić information content (AvgIpc) is 3.06. The number of halogens is 1. The molecule has 4 aromatic rings. The second kappa shape index (κ2) is 7.13. The zero-order valence-electron chi connectivity index (χ0n) is 14.2. The summed E-state index contributed by atoms with van der Waals surface area (Å²) in [5, 5.41) is 0. The quantitative estimate of drug-likeness (QED) is 0.439. The number of hydrogen-bond donors (Lipinski definition) is 0. The van der Waals surface area contributed by atoms with Gasteiger partial charge in [-0.05, 0) is 42.0 Å². The van der Waals surface area contributed by atoms with Gasteiger partial charge in [0.05, 0.1) is 15.9 Å². The maximum absolute atomic E-state index is 13.3. The first-order valence-electron chi connectivity index (χ1n) is 8.27. The molecule has 0 saturated heterocycles. The van der Waals surface area contributed by atoms with Gasteiger partial charge in [-0.25, -0.2) is 17.4 Å². The maximum Gasteiger partial charge on any atom is 0.269 e. The minimum absolute atomic E-state index is 0.224. The Bertz CT molecular complexity index is 1230. The van der Waals surface area contributed by atoms with Crippen molar-refractivity contribution in [3.63, 3.8) is 0 Å². The summed E-state index contributed by atoms with van der Waals surface area (Å²) in [6.45, 7) is 0. The lowest BCUT2D eigenvalue weighted by molar-refractivity contribution is 0.588. The standard InChI is InChI=1S/C21H15BrN2O2S/c22-17-12-13-20-19(15-17)23-21(14-11-16-7-3-1-4-8-16)24(20)27(25,26)18-9-5-2-6-10-18/h1-15H/b14-11+. The third kappa shape index (κ3) is 3.46. The Hall–Kier alpha value is -2.70. The molecule has 0 saturated carbocycles. The van der Waals surface area contributed by atoms with Crippen LogP contribution >= 0.6 is 15.9 Å². The van der Waals surface area contributed by atoms with Crippen LogP contribution in [0.1, 0.15) is 11.4 Å². The van der Waals surface area contributed by atoms with Crippen LogP contribution in [0.5, 0.6) is 0 Å². The van der Waals surface area contributed by atoms with Crippen molar-refractivity contribution >= 4 is 49.1 Å². The lowest BCUT2D eigenvalue weighted by Crippen LogP contribution is -2.14. The molecule has 27 heavy (non-hydrogen) atoms. The molecule has 1 heterocycles. The summed E-state index contributed by atoms with van der Waals surface area (Å²) in [4.78, 5) is 4.77. The first-order chi connectivity index (χ1) is 13.1. The maximum atomic E-state index is 13.3. The number of benzene rings is 3. The van der Waals surface area contributed by atoms with E-state index in [1.165, 1.54) is 3.97 Å². The molecule has 0 aliphatic rings. The Kier molecular flexibility index (Phi) is 4.68. The topological polar surface area (TPSA) is 52.0 Å². The highest BCUT2D eigenvalue weighted by Gasteiger charge is 2.23. The molecule has 4 rings (SSSR count). The molecule has 0 aliphatic carbocycles. The molecule has 134 valence electrons. The largest absolute Gasteiger partial charge is 0.269 e. The van der Waals surface area contributed by atoms with Crippen molar-refractivity contribution in [1.29, 1.82) is 0 Å². The minimum Gasteiger partial charge on any atom is -0.228 e. The van der Waals surface area contributed by atoms with E-state index >= 15 is 0 Å². The molecule has 6 heteroatoms. The van der Waals surface area contributed by atoms with Crippen molar-refractivity contribution in [2.75, 3.05) is 0 Å². The summed E-state index contributed by atoms with van der Waals surface area (Å²) in [6.07, 6.45) is 3.58. The van der Waals surface area contributed by atoms with E-state index in [9.17, 15) is 8.42 Å². The van der Waals surface area contributed by atoms with Crippen LogP contribution in [-0.2, 0) is 10.0 Å². The first-order valence-corrected chi connectivity index (χ1v) is 10.5. The third-order valence-corrected chi connectivity index (χ3v) is 6.33. The predicted octanol–water partition coefficient (Wildman–Crippen LogP) is 5.21. The molecule has 0 aliphatic heterocycles. The number of rotatable bonds is 4. The summed E-state index contributed by atoms with van der Waals surface area (Å²) in [5.74, 6) is 0.357. The van der Waals surface area contributed by atoms with Crippen molar-refractivity contribution in [2.45, 2.75) is 4.90 Å². The van der Waals surface area contributed by atoms with Crippen LogP contribution in [-0.4, -0.2) is 17.4 Å². The molecule has 0 fully saturated rings. The van der Waals surface area contributed by atoms with E-state index in [4.69, 9.17) is 0 Å². The van der Waals surface area contributed by atoms with E-state index in [1.54, 1.807) is 42.5 Å². The minimum atomic E-state index is -3.78. The second-order valence-electron chi connectivity index (χ2n) is 5.93. The third-order valence-electron chi connectivity index (χ3n) is 4.11. The lowest BCUT2D eigenvalue weighted by atomic mass is 10.2. The van der Waals surface area contributed by atoms with Crippen molar-refractivity contribution in [3.8, 4) is 0 Å². The van der Waals surface area contributed by atoms with E-state index in [2.05, 4.69) is 20.9 Å². The van der Waals surface area contributed by atoms with Crippen molar-refractivity contribution in [1.82, 2.24) is 8.96 Å². The molecule has 0 radical (unpaired) electrons. The van der Waals surface area contributed by atoms with Gasteiger partial charge < -0.3 is 0 Å². The monoisotopic (exact) mass is 438 g/mol. The average molecular weight is 439 g/mol. The van der Waals surface area contributed by atoms with E-state index in [1.807, 2.05) is 48.5 Å². The van der Waals surface area contributed by atoms with Gasteiger partial charge in [0.1, 0.15) is 5.82 Å². The van der Waals surface area contributed by atoms with Gasteiger partial charge in [-0.2, -0.15) is 0 Å². The van der Waals surface area contributed by atoms with Crippen molar-refractivity contribution < 1.29 is 8.42 Å². The SMILES string of the molecule is O=S(=O)(c1ccccc1)n1c(/C=C/c2ccccc2)nc2cc(Br)ccc21. The summed E-state index contributed by atoms with van der Waals surface area (Å²) < 4.78 is 28.7. The van der Waals surface area contributed by atoms with Crippen LogP contribution in [0.4, 0.5) is 0 Å². The van der Waals surface area contributed by atoms with Crippen molar-refractivity contribution in [3.05, 3.63) is 94.7 Å². The summed E-state index contributed by atoms with van der Waals surface area (Å²) >= 11 is 3.42. The number of fused-ring (bicyclic) bond motifs is 1. The zero-order chi connectivity index (χ0) is 18.9. The highest BCUT2D eigenvalue weighted by Crippen LogP contribution is 2.26. The summed E-state index contributed by atoms with van der Waals surface area (Å²) in [6, 6.07) is 23.5. The number of hydrogen-bond acceptors (Lipinski definition) is 3. The van der Waals surface area contributed by atoms with Crippen LogP contribution in [0.25, 0.3) is 23.2 Å². The van der Waals surface area contributed by atoms with E-state index < -0.39 is 10.0 Å². The highest BCUT2D eigenvalue weighted by atomic mass is 79.9. The van der Waals surface area contributed by atoms with Gasteiger partial charge in [0.15, 0.2) is 0 Å². The smallest absolute Gasteiger partial charge is 0.228 e. The van der Waals surface area contributed by atoms with E-state index in [0.29, 0.717) is 16.9 Å². The molecule has 4 nitrogen and oxygen atoms in total. The molecule has 0 bridgehead atoms. The summed E-state index contributed by atoms with van der Waals surface area (Å²) in [5.41, 5.74) is 2.11. The summed E-state index contributed by atoms with van der Waals surface area (Å²) in [7, 11) is -3.78. The number of nitrogens with zero attached hydrogens (tertiary/aromatic N) is 2. The Morgan fingerprint density at radius 3 is 2.22 bits per heavy atom. The fraction of sp³-hybridized carbons (Fsp3) is 0. The Morgan fingerprint density at radius 2 is 1.52 bits per heavy atom. The fourth-order valence-corrected chi connectivity index (χ4v) is 4.66. The van der Waals surface area contributed by atoms with Crippen LogP contribution in [0.3, 0.4) is 0 Å². The van der Waals surface area contributed by atoms with E-state index in [0.717, 1.165) is 10.0 Å².